The zero-order valence-corrected chi connectivity index (χ0v) is 49.4. The van der Waals surface area contributed by atoms with Crippen LogP contribution in [-0.2, 0) is 13.7 Å². The van der Waals surface area contributed by atoms with Crippen molar-refractivity contribution >= 4 is 50.5 Å². The number of ether oxygens (including phenoxy) is 2. The highest BCUT2D eigenvalue weighted by Crippen LogP contribution is 2.57. The van der Waals surface area contributed by atoms with Gasteiger partial charge in [-0.15, -0.1) is 0 Å². The fraction of sp³-hybridized carbons (Fsp3) is 0.313. The molecule has 1 saturated heterocycles. The van der Waals surface area contributed by atoms with E-state index in [1.807, 2.05) is 51.1 Å². The molecule has 0 amide bonds. The third-order valence-electron chi connectivity index (χ3n) is 14.9. The first-order valence-corrected chi connectivity index (χ1v) is 30.2. The molecular weight excluding hydrogens is 1060 g/mol. The summed E-state index contributed by atoms with van der Waals surface area (Å²) in [4.78, 5) is 9.04. The van der Waals surface area contributed by atoms with Crippen LogP contribution in [0.2, 0.25) is 20.5 Å². The summed E-state index contributed by atoms with van der Waals surface area (Å²) in [6.45, 7) is 11.9. The highest BCUT2D eigenvalue weighted by molar-refractivity contribution is 9.10. The molecule has 7 nitrogen and oxygen atoms in total. The molecule has 0 radical (unpaired) electrons. The molecule has 0 spiro atoms. The van der Waals surface area contributed by atoms with Crippen LogP contribution in [0.25, 0.3) is 55.9 Å². The smallest absolute Gasteiger partial charge is 0.426 e. The first-order valence-electron chi connectivity index (χ1n) is 27.9. The minimum atomic E-state index is -0.182. The summed E-state index contributed by atoms with van der Waals surface area (Å²) in [5.74, 6) is 1.83. The van der Waals surface area contributed by atoms with E-state index in [1.54, 1.807) is 19.5 Å². The van der Waals surface area contributed by atoms with E-state index >= 15 is 0 Å². The Morgan fingerprint density at radius 2 is 0.861 bits per heavy atom. The van der Waals surface area contributed by atoms with E-state index in [0.29, 0.717) is 0 Å². The van der Waals surface area contributed by atoms with Gasteiger partial charge in [0.2, 0.25) is 0 Å². The van der Waals surface area contributed by atoms with Crippen LogP contribution < -0.4 is 14.8 Å². The van der Waals surface area contributed by atoms with Gasteiger partial charge in [-0.3, -0.25) is 9.97 Å². The first kappa shape index (κ1) is 60.8. The van der Waals surface area contributed by atoms with Crippen molar-refractivity contribution in [1.82, 2.24) is 9.97 Å². The number of aromatic nitrogens is 2. The van der Waals surface area contributed by atoms with E-state index in [1.165, 1.54) is 109 Å². The van der Waals surface area contributed by atoms with E-state index < -0.39 is 0 Å². The summed E-state index contributed by atoms with van der Waals surface area (Å²) in [6, 6.07) is 57.5. The van der Waals surface area contributed by atoms with Crippen molar-refractivity contribution in [2.24, 2.45) is 0 Å². The minimum Gasteiger partial charge on any atom is -0.496 e. The van der Waals surface area contributed by atoms with Crippen LogP contribution in [0.15, 0.2) is 181 Å². The number of hydrogen-bond acceptors (Lipinski definition) is 7. The second-order valence-electron chi connectivity index (χ2n) is 20.5. The third-order valence-corrected chi connectivity index (χ3v) is 19.3. The Morgan fingerprint density at radius 1 is 0.456 bits per heavy atom. The molecule has 2 aliphatic carbocycles. The molecule has 0 atom stereocenters. The van der Waals surface area contributed by atoms with Crippen LogP contribution in [0.5, 0.6) is 11.5 Å². The summed E-state index contributed by atoms with van der Waals surface area (Å²) in [6.07, 6.45) is 18.0. The number of hydrogen-bond donors (Lipinski definition) is 0. The minimum absolute atomic E-state index is 0. The lowest BCUT2D eigenvalue weighted by molar-refractivity contribution is 0.294. The number of halogens is 1. The van der Waals surface area contributed by atoms with Crippen molar-refractivity contribution in [1.29, 1.82) is 0 Å². The molecule has 3 heterocycles. The Bertz CT molecular complexity index is 2950. The molecule has 0 N–H and O–H groups in total. The van der Waals surface area contributed by atoms with Gasteiger partial charge in [0, 0.05) is 28.0 Å². The van der Waals surface area contributed by atoms with Gasteiger partial charge in [-0.25, -0.2) is 0 Å². The number of rotatable bonds is 10. The van der Waals surface area contributed by atoms with Gasteiger partial charge >= 0.3 is 21.4 Å². The number of methoxy groups -OCH3 is 2. The van der Waals surface area contributed by atoms with Crippen LogP contribution in [-0.4, -0.2) is 56.9 Å². The standard InChI is InChI=1S/C26H35O2P.C19H17N.C18H14BrN.C3H9B3O3.CH4/c1-27-23-17-11-18-24(28-2)26(23)22-16-9-10-19-25(22)29(20-12-5-3-6-13-20)21-14-7-4-8-15-21;1-14-11-19(20-13-15(14)2)18-10-6-9-17(12-18)16-7-4-3-5-8-16;1-13-10-18(20-12-17(13)19)16-9-5-8-15(11-16)14-6-3-2-4-7-14;1-4-7-5(2)9-6(3)8-4;/h9-11,16-21H,3-8,12-15H2,1-2H3;3-13H,1-2H3;2-12H,1H3;1-3H3;1H4. The maximum Gasteiger partial charge on any atom is 0.426 e. The molecule has 3 aliphatic rings. The lowest BCUT2D eigenvalue weighted by Gasteiger charge is -2.39. The Balaban J connectivity index is 0.000000161. The van der Waals surface area contributed by atoms with Crippen LogP contribution in [0.1, 0.15) is 88.3 Å². The summed E-state index contributed by atoms with van der Waals surface area (Å²) in [7, 11) is 2.95. The van der Waals surface area contributed by atoms with Crippen molar-refractivity contribution in [3.8, 4) is 67.4 Å². The number of nitrogens with zero attached hydrogens (tertiary/aromatic N) is 2. The van der Waals surface area contributed by atoms with Crippen LogP contribution in [0, 0.1) is 20.8 Å². The molecular formula is C67H79B3BrN2O5P. The second kappa shape index (κ2) is 30.7. The van der Waals surface area contributed by atoms with E-state index in [2.05, 4.69) is 192 Å². The molecule has 1 aliphatic heterocycles. The number of pyridine rings is 2. The third kappa shape index (κ3) is 16.9. The quantitative estimate of drug-likeness (QED) is 0.0998. The Labute approximate surface area is 484 Å². The van der Waals surface area contributed by atoms with Crippen molar-refractivity contribution in [3.63, 3.8) is 0 Å². The lowest BCUT2D eigenvalue weighted by Crippen LogP contribution is -2.44. The average molecular weight is 1140 g/mol. The van der Waals surface area contributed by atoms with Crippen LogP contribution in [0.4, 0.5) is 0 Å². The maximum absolute atomic E-state index is 5.80. The molecule has 8 aromatic rings. The van der Waals surface area contributed by atoms with Crippen LogP contribution >= 0.6 is 23.9 Å². The Kier molecular flexibility index (Phi) is 23.6. The first-order chi connectivity index (χ1) is 38.0. The predicted octanol–water partition coefficient (Wildman–Crippen LogP) is 18.7. The summed E-state index contributed by atoms with van der Waals surface area (Å²) < 4.78 is 28.0. The molecule has 6 aromatic carbocycles. The number of benzene rings is 6. The maximum atomic E-state index is 5.80. The largest absolute Gasteiger partial charge is 0.496 e. The van der Waals surface area contributed by atoms with Gasteiger partial charge in [-0.05, 0) is 180 Å². The zero-order valence-electron chi connectivity index (χ0n) is 47.0. The molecule has 12 heteroatoms. The molecule has 408 valence electrons. The molecule has 2 saturated carbocycles. The highest BCUT2D eigenvalue weighted by atomic mass is 79.9. The van der Waals surface area contributed by atoms with Gasteiger partial charge in [-0.1, -0.05) is 181 Å². The van der Waals surface area contributed by atoms with Gasteiger partial charge in [0.25, 0.3) is 0 Å². The predicted molar refractivity (Wildman–Crippen MR) is 342 cm³/mol. The van der Waals surface area contributed by atoms with Gasteiger partial charge in [0.15, 0.2) is 0 Å². The van der Waals surface area contributed by atoms with E-state index in [-0.39, 0.29) is 36.7 Å². The normalized spacial score (nSPS) is 14.6. The fourth-order valence-electron chi connectivity index (χ4n) is 10.8. The highest BCUT2D eigenvalue weighted by Gasteiger charge is 2.35. The van der Waals surface area contributed by atoms with Crippen molar-refractivity contribution in [2.45, 2.75) is 124 Å². The van der Waals surface area contributed by atoms with Gasteiger partial charge < -0.3 is 23.2 Å². The monoisotopic (exact) mass is 1130 g/mol. The molecule has 11 rings (SSSR count). The molecule has 0 bridgehead atoms. The summed E-state index contributed by atoms with van der Waals surface area (Å²) >= 11 is 3.49. The van der Waals surface area contributed by atoms with Crippen molar-refractivity contribution < 1.29 is 23.2 Å². The fourth-order valence-corrected chi connectivity index (χ4v) is 15.0. The molecule has 2 aromatic heterocycles. The topological polar surface area (TPSA) is 71.9 Å². The van der Waals surface area contributed by atoms with Gasteiger partial charge in [0.1, 0.15) is 11.5 Å². The van der Waals surface area contributed by atoms with Gasteiger partial charge in [-0.2, -0.15) is 0 Å². The number of aryl methyl sites for hydroxylation is 3. The lowest BCUT2D eigenvalue weighted by atomic mass is 9.74. The van der Waals surface area contributed by atoms with Gasteiger partial charge in [0.05, 0.1) is 31.2 Å². The second-order valence-corrected chi connectivity index (χ2v) is 24.1. The van der Waals surface area contributed by atoms with Crippen LogP contribution in [0.3, 0.4) is 0 Å². The van der Waals surface area contributed by atoms with E-state index in [9.17, 15) is 0 Å². The van der Waals surface area contributed by atoms with Crippen molar-refractivity contribution in [3.05, 3.63) is 197 Å². The van der Waals surface area contributed by atoms with E-state index in [4.69, 9.17) is 23.2 Å². The van der Waals surface area contributed by atoms with E-state index in [0.717, 1.165) is 55.4 Å². The Morgan fingerprint density at radius 3 is 1.32 bits per heavy atom. The molecule has 3 fully saturated rings. The molecule has 79 heavy (non-hydrogen) atoms. The zero-order chi connectivity index (χ0) is 54.8. The van der Waals surface area contributed by atoms with Crippen molar-refractivity contribution in [2.75, 3.05) is 14.2 Å². The summed E-state index contributed by atoms with van der Waals surface area (Å²) in [5.41, 5.74) is 17.2. The average Bonchev–Trinajstić information content (AvgIpc) is 3.54. The summed E-state index contributed by atoms with van der Waals surface area (Å²) in [5, 5.41) is 1.59. The SMILES string of the molecule is C.CB1OB(C)OB(C)O1.COc1cccc(OC)c1-c1ccccc1P(C1CCCCC1)C1CCCCC1.Cc1cc(-c2cccc(-c3ccccc3)c2)ncc1Br.Cc1cnc(-c2cccc(-c3ccccc3)c2)cc1C. The Hall–Kier alpha value is -5.80. The molecule has 0 unspecified atom stereocenters.